The van der Waals surface area contributed by atoms with E-state index >= 15 is 0 Å². The van der Waals surface area contributed by atoms with Crippen LogP contribution >= 0.6 is 15.9 Å². The van der Waals surface area contributed by atoms with Gasteiger partial charge in [-0.25, -0.2) is 0 Å². The highest BCUT2D eigenvalue weighted by Gasteiger charge is 2.28. The molecule has 0 aromatic heterocycles. The van der Waals surface area contributed by atoms with Crippen LogP contribution in [-0.4, -0.2) is 19.1 Å². The summed E-state index contributed by atoms with van der Waals surface area (Å²) in [6, 6.07) is 18.1. The predicted octanol–water partition coefficient (Wildman–Crippen LogP) is 4.30. The largest absolute Gasteiger partial charge is 0.361 e. The zero-order chi connectivity index (χ0) is 14.8. The Balaban J connectivity index is 2.01. The normalized spacial score (nSPS) is 22.3. The molecule has 110 valence electrons. The third kappa shape index (κ3) is 2.99. The smallest absolute Gasteiger partial charge is 0.0667 e. The number of hydrogen-bond acceptors (Lipinski definition) is 2. The molecule has 2 unspecified atom stereocenters. The molecule has 1 aliphatic heterocycles. The Kier molecular flexibility index (Phi) is 4.32. The summed E-state index contributed by atoms with van der Waals surface area (Å²) in [5.41, 5.74) is 4.01. The number of rotatable bonds is 2. The van der Waals surface area contributed by atoms with E-state index < -0.39 is 0 Å². The van der Waals surface area contributed by atoms with Gasteiger partial charge in [0.15, 0.2) is 0 Å². The van der Waals surface area contributed by atoms with Crippen molar-refractivity contribution < 1.29 is 0 Å². The van der Waals surface area contributed by atoms with Crippen molar-refractivity contribution in [2.45, 2.75) is 25.9 Å². The molecule has 0 amide bonds. The fourth-order valence-corrected chi connectivity index (χ4v) is 3.41. The Morgan fingerprint density at radius 3 is 2.62 bits per heavy atom. The Morgan fingerprint density at radius 1 is 1.10 bits per heavy atom. The van der Waals surface area contributed by atoms with Gasteiger partial charge in [-0.15, -0.1) is 0 Å². The highest BCUT2D eigenvalue weighted by atomic mass is 79.9. The molecular formula is C18H21BrN2. The number of halogens is 1. The Labute approximate surface area is 135 Å². The van der Waals surface area contributed by atoms with E-state index in [1.54, 1.807) is 0 Å². The van der Waals surface area contributed by atoms with Gasteiger partial charge < -0.3 is 10.2 Å². The highest BCUT2D eigenvalue weighted by molar-refractivity contribution is 9.10. The SMILES string of the molecule is Cc1c(Br)cccc1N1CC(C)NCC1c1ccccc1. The van der Waals surface area contributed by atoms with Gasteiger partial charge in [-0.1, -0.05) is 52.3 Å². The summed E-state index contributed by atoms with van der Waals surface area (Å²) in [6.45, 7) is 6.45. The number of hydrogen-bond donors (Lipinski definition) is 1. The van der Waals surface area contributed by atoms with Gasteiger partial charge in [0, 0.05) is 29.3 Å². The topological polar surface area (TPSA) is 15.3 Å². The number of nitrogens with one attached hydrogen (secondary N) is 1. The van der Waals surface area contributed by atoms with E-state index in [1.165, 1.54) is 21.3 Å². The Hall–Kier alpha value is -1.32. The molecule has 1 N–H and O–H groups in total. The Bertz CT molecular complexity index is 612. The molecule has 2 atom stereocenters. The first-order valence-corrected chi connectivity index (χ1v) is 8.26. The molecule has 0 radical (unpaired) electrons. The maximum Gasteiger partial charge on any atom is 0.0667 e. The molecule has 1 aliphatic rings. The zero-order valence-corrected chi connectivity index (χ0v) is 14.1. The lowest BCUT2D eigenvalue weighted by Gasteiger charge is -2.42. The monoisotopic (exact) mass is 344 g/mol. The summed E-state index contributed by atoms with van der Waals surface area (Å²) in [6.07, 6.45) is 0. The minimum atomic E-state index is 0.385. The van der Waals surface area contributed by atoms with Gasteiger partial charge in [0.05, 0.1) is 6.04 Å². The fourth-order valence-electron chi connectivity index (χ4n) is 3.06. The third-order valence-corrected chi connectivity index (χ3v) is 5.10. The van der Waals surface area contributed by atoms with Crippen LogP contribution in [0.2, 0.25) is 0 Å². The Morgan fingerprint density at radius 2 is 1.86 bits per heavy atom. The van der Waals surface area contributed by atoms with Gasteiger partial charge in [-0.05, 0) is 37.1 Å². The molecule has 0 spiro atoms. The average molecular weight is 345 g/mol. The molecular weight excluding hydrogens is 324 g/mol. The van der Waals surface area contributed by atoms with Gasteiger partial charge in [0.1, 0.15) is 0 Å². The van der Waals surface area contributed by atoms with E-state index in [2.05, 4.69) is 88.5 Å². The van der Waals surface area contributed by atoms with Crippen LogP contribution in [0.1, 0.15) is 24.1 Å². The summed E-state index contributed by atoms with van der Waals surface area (Å²) in [7, 11) is 0. The van der Waals surface area contributed by atoms with Gasteiger partial charge in [-0.2, -0.15) is 0 Å². The van der Waals surface area contributed by atoms with Crippen molar-refractivity contribution in [2.24, 2.45) is 0 Å². The van der Waals surface area contributed by atoms with E-state index in [0.29, 0.717) is 12.1 Å². The second-order valence-corrected chi connectivity index (χ2v) is 6.63. The van der Waals surface area contributed by atoms with E-state index in [4.69, 9.17) is 0 Å². The van der Waals surface area contributed by atoms with Crippen LogP contribution in [0.3, 0.4) is 0 Å². The maximum absolute atomic E-state index is 3.66. The summed E-state index contributed by atoms with van der Waals surface area (Å²) in [5.74, 6) is 0. The average Bonchev–Trinajstić information content (AvgIpc) is 2.51. The van der Waals surface area contributed by atoms with E-state index in [0.717, 1.165) is 13.1 Å². The van der Waals surface area contributed by atoms with Gasteiger partial charge in [-0.3, -0.25) is 0 Å². The van der Waals surface area contributed by atoms with Crippen molar-refractivity contribution in [1.29, 1.82) is 0 Å². The summed E-state index contributed by atoms with van der Waals surface area (Å²) >= 11 is 3.66. The maximum atomic E-state index is 3.66. The zero-order valence-electron chi connectivity index (χ0n) is 12.5. The highest BCUT2D eigenvalue weighted by Crippen LogP contribution is 2.34. The van der Waals surface area contributed by atoms with Crippen LogP contribution in [0.4, 0.5) is 5.69 Å². The van der Waals surface area contributed by atoms with E-state index in [9.17, 15) is 0 Å². The molecule has 1 saturated heterocycles. The van der Waals surface area contributed by atoms with Gasteiger partial charge in [0.2, 0.25) is 0 Å². The summed E-state index contributed by atoms with van der Waals surface area (Å²) in [4.78, 5) is 2.54. The number of anilines is 1. The second kappa shape index (κ2) is 6.20. The number of benzene rings is 2. The van der Waals surface area contributed by atoms with Crippen molar-refractivity contribution in [2.75, 3.05) is 18.0 Å². The first-order chi connectivity index (χ1) is 10.2. The molecule has 1 fully saturated rings. The first kappa shape index (κ1) is 14.6. The third-order valence-electron chi connectivity index (χ3n) is 4.24. The van der Waals surface area contributed by atoms with E-state index in [1.807, 2.05) is 0 Å². The van der Waals surface area contributed by atoms with Crippen LogP contribution in [0.25, 0.3) is 0 Å². The van der Waals surface area contributed by atoms with Crippen LogP contribution in [0.15, 0.2) is 53.0 Å². The van der Waals surface area contributed by atoms with Crippen molar-refractivity contribution >= 4 is 21.6 Å². The molecule has 2 nitrogen and oxygen atoms in total. The van der Waals surface area contributed by atoms with Crippen LogP contribution < -0.4 is 10.2 Å². The van der Waals surface area contributed by atoms with Crippen molar-refractivity contribution in [3.63, 3.8) is 0 Å². The van der Waals surface area contributed by atoms with Crippen LogP contribution in [0, 0.1) is 6.92 Å². The fraction of sp³-hybridized carbons (Fsp3) is 0.333. The standard InChI is InChI=1S/C18H21BrN2/c1-13-12-21(17-10-6-9-16(19)14(17)2)18(11-20-13)15-7-4-3-5-8-15/h3-10,13,18,20H,11-12H2,1-2H3. The molecule has 3 rings (SSSR count). The molecule has 0 bridgehead atoms. The number of nitrogens with zero attached hydrogens (tertiary/aromatic N) is 1. The van der Waals surface area contributed by atoms with Crippen LogP contribution in [0.5, 0.6) is 0 Å². The number of piperazine rings is 1. The molecule has 21 heavy (non-hydrogen) atoms. The van der Waals surface area contributed by atoms with Gasteiger partial charge in [0.25, 0.3) is 0 Å². The summed E-state index contributed by atoms with van der Waals surface area (Å²) < 4.78 is 1.18. The second-order valence-electron chi connectivity index (χ2n) is 5.77. The lowest BCUT2D eigenvalue weighted by molar-refractivity contribution is 0.416. The first-order valence-electron chi connectivity index (χ1n) is 7.47. The molecule has 0 saturated carbocycles. The molecule has 3 heteroatoms. The van der Waals surface area contributed by atoms with Crippen LogP contribution in [-0.2, 0) is 0 Å². The molecule has 0 aliphatic carbocycles. The van der Waals surface area contributed by atoms with Crippen molar-refractivity contribution in [3.05, 3.63) is 64.1 Å². The minimum Gasteiger partial charge on any atom is -0.361 e. The van der Waals surface area contributed by atoms with E-state index in [-0.39, 0.29) is 0 Å². The quantitative estimate of drug-likeness (QED) is 0.873. The summed E-state index contributed by atoms with van der Waals surface area (Å²) in [5, 5.41) is 3.61. The molecule has 2 aromatic rings. The lowest BCUT2D eigenvalue weighted by atomic mass is 9.99. The van der Waals surface area contributed by atoms with Crippen molar-refractivity contribution in [3.8, 4) is 0 Å². The lowest BCUT2D eigenvalue weighted by Crippen LogP contribution is -2.51. The molecule has 2 aromatic carbocycles. The molecule has 1 heterocycles. The predicted molar refractivity (Wildman–Crippen MR) is 92.9 cm³/mol. The van der Waals surface area contributed by atoms with Gasteiger partial charge >= 0.3 is 0 Å². The minimum absolute atomic E-state index is 0.385. The van der Waals surface area contributed by atoms with Crippen molar-refractivity contribution in [1.82, 2.24) is 5.32 Å².